The molecule has 0 bridgehead atoms. The first kappa shape index (κ1) is 14.3. The molecule has 20 heavy (non-hydrogen) atoms. The number of ether oxygens (including phenoxy) is 1. The Labute approximate surface area is 120 Å². The topological polar surface area (TPSA) is 51.4 Å². The largest absolute Gasteiger partial charge is 0.496 e. The number of anilines is 1. The van der Waals surface area contributed by atoms with E-state index in [1.807, 2.05) is 30.6 Å². The van der Waals surface area contributed by atoms with Gasteiger partial charge in [0.2, 0.25) is 0 Å². The van der Waals surface area contributed by atoms with E-state index in [0.717, 1.165) is 36.5 Å². The van der Waals surface area contributed by atoms with Gasteiger partial charge in [0.1, 0.15) is 5.75 Å². The van der Waals surface area contributed by atoms with Gasteiger partial charge in [0.25, 0.3) is 0 Å². The molecule has 2 rings (SSSR count). The molecule has 2 aromatic rings. The second-order valence-electron chi connectivity index (χ2n) is 4.91. The molecule has 4 heteroatoms. The van der Waals surface area contributed by atoms with E-state index in [1.54, 1.807) is 7.11 Å². The molecule has 1 aromatic heterocycles. The lowest BCUT2D eigenvalue weighted by atomic mass is 10.1. The van der Waals surface area contributed by atoms with Crippen LogP contribution in [-0.4, -0.2) is 30.6 Å². The molecule has 106 valence electrons. The van der Waals surface area contributed by atoms with Crippen LogP contribution in [0.4, 0.5) is 5.69 Å². The van der Waals surface area contributed by atoms with Crippen molar-refractivity contribution in [2.75, 3.05) is 26.4 Å². The van der Waals surface area contributed by atoms with Crippen LogP contribution in [0, 0.1) is 0 Å². The van der Waals surface area contributed by atoms with Crippen molar-refractivity contribution in [3.05, 3.63) is 53.9 Å². The van der Waals surface area contributed by atoms with Gasteiger partial charge in [-0.1, -0.05) is 0 Å². The molecular formula is C16H21N3O. The van der Waals surface area contributed by atoms with Gasteiger partial charge in [-0.3, -0.25) is 4.98 Å². The van der Waals surface area contributed by atoms with E-state index in [1.165, 1.54) is 5.56 Å². The number of likely N-dealkylation sites (N-methyl/N-ethyl adjacent to an activating group) is 1. The minimum Gasteiger partial charge on any atom is -0.496 e. The number of methoxy groups -OCH3 is 1. The van der Waals surface area contributed by atoms with E-state index < -0.39 is 0 Å². The maximum Gasteiger partial charge on any atom is 0.123 e. The molecule has 1 heterocycles. The predicted octanol–water partition coefficient (Wildman–Crippen LogP) is 2.35. The lowest BCUT2D eigenvalue weighted by Gasteiger charge is -2.18. The standard InChI is InChI=1S/C16H21N3O/c1-19(10-7-13-5-8-18-9-6-13)12-14-11-15(17)3-4-16(14)20-2/h3-6,8-9,11H,7,10,12,17H2,1-2H3. The molecule has 2 N–H and O–H groups in total. The van der Waals surface area contributed by atoms with Crippen molar-refractivity contribution in [3.63, 3.8) is 0 Å². The average molecular weight is 271 g/mol. The van der Waals surface area contributed by atoms with Crippen molar-refractivity contribution in [2.24, 2.45) is 0 Å². The second kappa shape index (κ2) is 6.91. The average Bonchev–Trinajstić information content (AvgIpc) is 2.46. The third-order valence-electron chi connectivity index (χ3n) is 3.28. The van der Waals surface area contributed by atoms with Crippen LogP contribution in [0.1, 0.15) is 11.1 Å². The van der Waals surface area contributed by atoms with Crippen LogP contribution in [0.3, 0.4) is 0 Å². The summed E-state index contributed by atoms with van der Waals surface area (Å²) in [6.07, 6.45) is 4.66. The molecular weight excluding hydrogens is 250 g/mol. The molecule has 4 nitrogen and oxygen atoms in total. The summed E-state index contributed by atoms with van der Waals surface area (Å²) in [6.45, 7) is 1.79. The molecule has 0 saturated carbocycles. The number of hydrogen-bond donors (Lipinski definition) is 1. The van der Waals surface area contributed by atoms with Crippen LogP contribution in [0.2, 0.25) is 0 Å². The Morgan fingerprint density at radius 2 is 1.95 bits per heavy atom. The van der Waals surface area contributed by atoms with Crippen LogP contribution in [-0.2, 0) is 13.0 Å². The fourth-order valence-electron chi connectivity index (χ4n) is 2.16. The van der Waals surface area contributed by atoms with E-state index in [2.05, 4.69) is 29.1 Å². The van der Waals surface area contributed by atoms with Crippen molar-refractivity contribution in [3.8, 4) is 5.75 Å². The number of pyridine rings is 1. The van der Waals surface area contributed by atoms with Crippen LogP contribution in [0.15, 0.2) is 42.7 Å². The van der Waals surface area contributed by atoms with Crippen LogP contribution >= 0.6 is 0 Å². The van der Waals surface area contributed by atoms with Gasteiger partial charge in [-0.2, -0.15) is 0 Å². The highest BCUT2D eigenvalue weighted by molar-refractivity contribution is 5.47. The summed E-state index contributed by atoms with van der Waals surface area (Å²) in [5, 5.41) is 0. The fourth-order valence-corrected chi connectivity index (χ4v) is 2.16. The first-order chi connectivity index (χ1) is 9.69. The first-order valence-electron chi connectivity index (χ1n) is 6.69. The summed E-state index contributed by atoms with van der Waals surface area (Å²) in [5.41, 5.74) is 9.02. The van der Waals surface area contributed by atoms with Gasteiger partial charge in [0.15, 0.2) is 0 Å². The smallest absolute Gasteiger partial charge is 0.123 e. The number of rotatable bonds is 6. The Balaban J connectivity index is 1.94. The minimum absolute atomic E-state index is 0.767. The quantitative estimate of drug-likeness (QED) is 0.819. The summed E-state index contributed by atoms with van der Waals surface area (Å²) in [7, 11) is 3.79. The first-order valence-corrected chi connectivity index (χ1v) is 6.69. The molecule has 0 unspecified atom stereocenters. The lowest BCUT2D eigenvalue weighted by Crippen LogP contribution is -2.21. The second-order valence-corrected chi connectivity index (χ2v) is 4.91. The highest BCUT2D eigenvalue weighted by Crippen LogP contribution is 2.22. The third-order valence-corrected chi connectivity index (χ3v) is 3.28. The van der Waals surface area contributed by atoms with Gasteiger partial charge >= 0.3 is 0 Å². The van der Waals surface area contributed by atoms with E-state index in [0.29, 0.717) is 0 Å². The van der Waals surface area contributed by atoms with Gasteiger partial charge in [-0.15, -0.1) is 0 Å². The molecule has 0 aliphatic heterocycles. The van der Waals surface area contributed by atoms with E-state index >= 15 is 0 Å². The lowest BCUT2D eigenvalue weighted by molar-refractivity contribution is 0.321. The van der Waals surface area contributed by atoms with Gasteiger partial charge < -0.3 is 15.4 Å². The zero-order valence-corrected chi connectivity index (χ0v) is 12.0. The molecule has 0 spiro atoms. The van der Waals surface area contributed by atoms with Crippen LogP contribution in [0.25, 0.3) is 0 Å². The number of nitrogens with zero attached hydrogens (tertiary/aromatic N) is 2. The highest BCUT2D eigenvalue weighted by atomic mass is 16.5. The molecule has 0 aliphatic carbocycles. The Kier molecular flexibility index (Phi) is 4.96. The number of benzene rings is 1. The van der Waals surface area contributed by atoms with Crippen molar-refractivity contribution < 1.29 is 4.74 Å². The van der Waals surface area contributed by atoms with Crippen LogP contribution < -0.4 is 10.5 Å². The Morgan fingerprint density at radius 1 is 1.20 bits per heavy atom. The fraction of sp³-hybridized carbons (Fsp3) is 0.312. The van der Waals surface area contributed by atoms with Crippen molar-refractivity contribution in [1.29, 1.82) is 0 Å². The Hall–Kier alpha value is -2.07. The van der Waals surface area contributed by atoms with E-state index in [9.17, 15) is 0 Å². The summed E-state index contributed by atoms with van der Waals surface area (Å²) < 4.78 is 5.37. The molecule has 1 aromatic carbocycles. The normalized spacial score (nSPS) is 10.8. The maximum absolute atomic E-state index is 5.84. The highest BCUT2D eigenvalue weighted by Gasteiger charge is 2.07. The van der Waals surface area contributed by atoms with Gasteiger partial charge in [0, 0.05) is 36.7 Å². The molecule has 0 saturated heterocycles. The summed E-state index contributed by atoms with van der Waals surface area (Å²) in [4.78, 5) is 6.29. The van der Waals surface area contributed by atoms with Crippen molar-refractivity contribution >= 4 is 5.69 Å². The van der Waals surface area contributed by atoms with Crippen molar-refractivity contribution in [2.45, 2.75) is 13.0 Å². The maximum atomic E-state index is 5.84. The van der Waals surface area contributed by atoms with Crippen molar-refractivity contribution in [1.82, 2.24) is 9.88 Å². The number of hydrogen-bond acceptors (Lipinski definition) is 4. The summed E-state index contributed by atoms with van der Waals surface area (Å²) in [6, 6.07) is 9.85. The Morgan fingerprint density at radius 3 is 2.65 bits per heavy atom. The van der Waals surface area contributed by atoms with Gasteiger partial charge in [-0.05, 0) is 49.4 Å². The zero-order valence-electron chi connectivity index (χ0n) is 12.0. The number of nitrogens with two attached hydrogens (primary N) is 1. The summed E-state index contributed by atoms with van der Waals surface area (Å²) >= 11 is 0. The molecule has 0 amide bonds. The monoisotopic (exact) mass is 271 g/mol. The Bertz CT molecular complexity index is 543. The molecule has 0 aliphatic rings. The third kappa shape index (κ3) is 3.96. The molecule has 0 radical (unpaired) electrons. The van der Waals surface area contributed by atoms with Gasteiger partial charge in [-0.25, -0.2) is 0 Å². The SMILES string of the molecule is COc1ccc(N)cc1CN(C)CCc1ccncc1. The van der Waals surface area contributed by atoms with Gasteiger partial charge in [0.05, 0.1) is 7.11 Å². The number of nitrogen functional groups attached to an aromatic ring is 1. The molecule has 0 fully saturated rings. The molecule has 0 atom stereocenters. The zero-order chi connectivity index (χ0) is 14.4. The minimum atomic E-state index is 0.767. The van der Waals surface area contributed by atoms with E-state index in [-0.39, 0.29) is 0 Å². The predicted molar refractivity (Wildman–Crippen MR) is 81.7 cm³/mol. The van der Waals surface area contributed by atoms with E-state index in [4.69, 9.17) is 10.5 Å². The summed E-state index contributed by atoms with van der Waals surface area (Å²) in [5.74, 6) is 0.884. The van der Waals surface area contributed by atoms with Crippen LogP contribution in [0.5, 0.6) is 5.75 Å². The number of aromatic nitrogens is 1.